The Morgan fingerprint density at radius 2 is 1.70 bits per heavy atom. The van der Waals surface area contributed by atoms with E-state index in [0.717, 1.165) is 22.6 Å². The van der Waals surface area contributed by atoms with Gasteiger partial charge in [-0.2, -0.15) is 0 Å². The first-order valence-electron chi connectivity index (χ1n) is 7.58. The smallest absolute Gasteiger partial charge is 0.227 e. The molecular weight excluding hydrogens is 290 g/mol. The molecule has 0 spiro atoms. The molecule has 1 unspecified atom stereocenters. The second-order valence-electron chi connectivity index (χ2n) is 5.44. The van der Waals surface area contributed by atoms with Crippen molar-refractivity contribution in [3.8, 4) is 11.5 Å². The highest BCUT2D eigenvalue weighted by Crippen LogP contribution is 2.24. The lowest BCUT2D eigenvalue weighted by Crippen LogP contribution is -2.31. The van der Waals surface area contributed by atoms with E-state index in [2.05, 4.69) is 0 Å². The second kappa shape index (κ2) is 7.68. The van der Waals surface area contributed by atoms with E-state index in [1.807, 2.05) is 62.5 Å². The van der Waals surface area contributed by atoms with Gasteiger partial charge in [0.25, 0.3) is 0 Å². The van der Waals surface area contributed by atoms with E-state index in [0.29, 0.717) is 6.42 Å². The van der Waals surface area contributed by atoms with Crippen LogP contribution in [0.25, 0.3) is 0 Å². The summed E-state index contributed by atoms with van der Waals surface area (Å²) in [4.78, 5) is 14.3. The minimum absolute atomic E-state index is 0.0110. The van der Waals surface area contributed by atoms with Gasteiger partial charge in [-0.3, -0.25) is 4.79 Å². The summed E-state index contributed by atoms with van der Waals surface area (Å²) in [6, 6.07) is 15.4. The van der Waals surface area contributed by atoms with Gasteiger partial charge in [-0.05, 0) is 30.7 Å². The van der Waals surface area contributed by atoms with Crippen molar-refractivity contribution in [3.05, 3.63) is 59.7 Å². The number of para-hydroxylation sites is 1. The number of nitrogens with zero attached hydrogens (tertiary/aromatic N) is 1. The molecule has 0 N–H and O–H groups in total. The number of methoxy groups -OCH3 is 2. The Hall–Kier alpha value is -2.49. The molecule has 122 valence electrons. The Bertz CT molecular complexity index is 652. The molecule has 0 radical (unpaired) electrons. The summed E-state index contributed by atoms with van der Waals surface area (Å²) in [5.74, 6) is 1.60. The van der Waals surface area contributed by atoms with E-state index >= 15 is 0 Å². The summed E-state index contributed by atoms with van der Waals surface area (Å²) in [6.45, 7) is 2.02. The van der Waals surface area contributed by atoms with Crippen molar-refractivity contribution in [2.45, 2.75) is 19.4 Å². The third kappa shape index (κ3) is 4.03. The van der Waals surface area contributed by atoms with Gasteiger partial charge >= 0.3 is 0 Å². The molecule has 0 saturated heterocycles. The van der Waals surface area contributed by atoms with Crippen LogP contribution in [0.1, 0.15) is 24.1 Å². The molecule has 2 aromatic rings. The number of likely N-dealkylation sites (N-methyl/N-ethyl adjacent to an activating group) is 1. The van der Waals surface area contributed by atoms with E-state index in [-0.39, 0.29) is 11.9 Å². The van der Waals surface area contributed by atoms with Gasteiger partial charge < -0.3 is 14.4 Å². The maximum absolute atomic E-state index is 12.6. The lowest BCUT2D eigenvalue weighted by molar-refractivity contribution is -0.131. The Labute approximate surface area is 137 Å². The lowest BCUT2D eigenvalue weighted by atomic mass is 10.1. The summed E-state index contributed by atoms with van der Waals surface area (Å²) < 4.78 is 10.5. The van der Waals surface area contributed by atoms with Crippen LogP contribution in [0.5, 0.6) is 11.5 Å². The van der Waals surface area contributed by atoms with Crippen LogP contribution in [0.4, 0.5) is 0 Å². The predicted octanol–water partition coefficient (Wildman–Crippen LogP) is 3.47. The molecule has 1 atom stereocenters. The van der Waals surface area contributed by atoms with Crippen molar-refractivity contribution in [1.29, 1.82) is 0 Å². The van der Waals surface area contributed by atoms with E-state index < -0.39 is 0 Å². The molecule has 0 saturated carbocycles. The average Bonchev–Trinajstić information content (AvgIpc) is 2.61. The van der Waals surface area contributed by atoms with Crippen molar-refractivity contribution in [3.63, 3.8) is 0 Å². The first-order valence-corrected chi connectivity index (χ1v) is 7.58. The molecule has 0 aromatic heterocycles. The van der Waals surface area contributed by atoms with Crippen LogP contribution in [0, 0.1) is 0 Å². The molecule has 2 rings (SSSR count). The minimum atomic E-state index is -0.0110. The molecule has 4 nitrogen and oxygen atoms in total. The third-order valence-electron chi connectivity index (χ3n) is 4.11. The normalized spacial score (nSPS) is 11.7. The second-order valence-corrected chi connectivity index (χ2v) is 5.44. The van der Waals surface area contributed by atoms with Gasteiger partial charge in [-0.15, -0.1) is 0 Å². The first-order chi connectivity index (χ1) is 11.1. The third-order valence-corrected chi connectivity index (χ3v) is 4.11. The molecule has 2 aromatic carbocycles. The zero-order valence-electron chi connectivity index (χ0n) is 14.1. The van der Waals surface area contributed by atoms with Crippen LogP contribution in [0.2, 0.25) is 0 Å². The molecule has 0 aliphatic rings. The highest BCUT2D eigenvalue weighted by atomic mass is 16.5. The molecule has 23 heavy (non-hydrogen) atoms. The van der Waals surface area contributed by atoms with Gasteiger partial charge in [-0.1, -0.05) is 30.3 Å². The highest BCUT2D eigenvalue weighted by Gasteiger charge is 2.19. The van der Waals surface area contributed by atoms with Crippen molar-refractivity contribution >= 4 is 5.91 Å². The van der Waals surface area contributed by atoms with Crippen LogP contribution in [0.15, 0.2) is 48.5 Å². The zero-order valence-corrected chi connectivity index (χ0v) is 14.1. The Kier molecular flexibility index (Phi) is 5.63. The van der Waals surface area contributed by atoms with Crippen LogP contribution in [0.3, 0.4) is 0 Å². The van der Waals surface area contributed by atoms with Crippen molar-refractivity contribution in [2.75, 3.05) is 21.3 Å². The fourth-order valence-electron chi connectivity index (χ4n) is 2.46. The van der Waals surface area contributed by atoms with Crippen molar-refractivity contribution in [2.24, 2.45) is 0 Å². The van der Waals surface area contributed by atoms with Gasteiger partial charge in [0.05, 0.1) is 26.7 Å². The number of rotatable bonds is 6. The summed E-state index contributed by atoms with van der Waals surface area (Å²) in [7, 11) is 5.08. The van der Waals surface area contributed by atoms with Crippen molar-refractivity contribution < 1.29 is 14.3 Å². The van der Waals surface area contributed by atoms with Gasteiger partial charge in [0.1, 0.15) is 11.5 Å². The zero-order chi connectivity index (χ0) is 16.8. The van der Waals surface area contributed by atoms with E-state index in [9.17, 15) is 4.79 Å². The standard InChI is InChI=1S/C19H23NO3/c1-14(15-9-11-17(22-3)12-10-15)20(2)19(21)13-16-7-5-6-8-18(16)23-4/h5-12,14H,13H2,1-4H3. The fourth-order valence-corrected chi connectivity index (χ4v) is 2.46. The highest BCUT2D eigenvalue weighted by molar-refractivity contribution is 5.79. The van der Waals surface area contributed by atoms with E-state index in [1.165, 1.54) is 0 Å². The van der Waals surface area contributed by atoms with E-state index in [1.54, 1.807) is 19.1 Å². The monoisotopic (exact) mass is 313 g/mol. The van der Waals surface area contributed by atoms with E-state index in [4.69, 9.17) is 9.47 Å². The maximum Gasteiger partial charge on any atom is 0.227 e. The average molecular weight is 313 g/mol. The van der Waals surface area contributed by atoms with Gasteiger partial charge in [-0.25, -0.2) is 0 Å². The number of carbonyl (C=O) groups is 1. The molecule has 1 amide bonds. The largest absolute Gasteiger partial charge is 0.497 e. The fraction of sp³-hybridized carbons (Fsp3) is 0.316. The summed E-state index contributed by atoms with van der Waals surface area (Å²) in [5, 5.41) is 0. The summed E-state index contributed by atoms with van der Waals surface area (Å²) in [6.07, 6.45) is 0.320. The molecule has 0 fully saturated rings. The molecule has 0 heterocycles. The number of ether oxygens (including phenoxy) is 2. The quantitative estimate of drug-likeness (QED) is 0.820. The number of carbonyl (C=O) groups excluding carboxylic acids is 1. The van der Waals surface area contributed by atoms with Crippen LogP contribution in [-0.4, -0.2) is 32.1 Å². The summed E-state index contributed by atoms with van der Waals surface area (Å²) >= 11 is 0. The maximum atomic E-state index is 12.6. The molecular formula is C19H23NO3. The van der Waals surface area contributed by atoms with Gasteiger partial charge in [0, 0.05) is 12.6 Å². The first kappa shape index (κ1) is 16.9. The Balaban J connectivity index is 2.08. The molecule has 0 aliphatic carbocycles. The van der Waals surface area contributed by atoms with Crippen LogP contribution in [-0.2, 0) is 11.2 Å². The lowest BCUT2D eigenvalue weighted by Gasteiger charge is -2.26. The SMILES string of the molecule is COc1ccc(C(C)N(C)C(=O)Cc2ccccc2OC)cc1. The number of hydrogen-bond donors (Lipinski definition) is 0. The molecule has 4 heteroatoms. The Morgan fingerprint density at radius 1 is 1.04 bits per heavy atom. The minimum Gasteiger partial charge on any atom is -0.497 e. The summed E-state index contributed by atoms with van der Waals surface area (Å²) in [5.41, 5.74) is 1.97. The number of amides is 1. The van der Waals surface area contributed by atoms with Gasteiger partial charge in [0.2, 0.25) is 5.91 Å². The van der Waals surface area contributed by atoms with Crippen LogP contribution < -0.4 is 9.47 Å². The number of hydrogen-bond acceptors (Lipinski definition) is 3. The topological polar surface area (TPSA) is 38.8 Å². The Morgan fingerprint density at radius 3 is 2.30 bits per heavy atom. The molecule has 0 bridgehead atoms. The van der Waals surface area contributed by atoms with Crippen LogP contribution >= 0.6 is 0 Å². The van der Waals surface area contributed by atoms with Gasteiger partial charge in [0.15, 0.2) is 0 Å². The van der Waals surface area contributed by atoms with Crippen molar-refractivity contribution in [1.82, 2.24) is 4.90 Å². The number of benzene rings is 2. The predicted molar refractivity (Wildman–Crippen MR) is 90.9 cm³/mol. The molecule has 0 aliphatic heterocycles.